The topological polar surface area (TPSA) is 336 Å². The number of carbonyl (C=O) groups excluding carboxylic acids is 8. The van der Waals surface area contributed by atoms with Crippen LogP contribution in [-0.2, 0) is 51.2 Å². The van der Waals surface area contributed by atoms with Gasteiger partial charge in [-0.05, 0) is 119 Å². The third-order valence-electron chi connectivity index (χ3n) is 14.3. The lowest BCUT2D eigenvalue weighted by Crippen LogP contribution is -2.66. The van der Waals surface area contributed by atoms with Crippen molar-refractivity contribution in [2.75, 3.05) is 13.1 Å². The average molecular weight is 1080 g/mol. The van der Waals surface area contributed by atoms with E-state index in [9.17, 15) is 33.6 Å². The largest absolute Gasteiger partial charge is 0.491 e. The quantitative estimate of drug-likeness (QED) is 0.0440. The molecule has 0 unspecified atom stereocenters. The number of nitrogens with one attached hydrogen (secondary N) is 8. The van der Waals surface area contributed by atoms with Crippen LogP contribution in [0.2, 0.25) is 0 Å². The third-order valence-corrected chi connectivity index (χ3v) is 14.3. The maximum atomic E-state index is 15.3. The summed E-state index contributed by atoms with van der Waals surface area (Å²) in [5.74, 6) is -4.98. The van der Waals surface area contributed by atoms with Gasteiger partial charge in [0.15, 0.2) is 5.96 Å². The molecule has 0 radical (unpaired) electrons. The number of aromatic nitrogens is 1. The van der Waals surface area contributed by atoms with E-state index in [4.69, 9.17) is 21.9 Å². The van der Waals surface area contributed by atoms with Gasteiger partial charge in [-0.2, -0.15) is 0 Å². The summed E-state index contributed by atoms with van der Waals surface area (Å²) in [7, 11) is 0. The number of carbonyl (C=O) groups is 8. The maximum absolute atomic E-state index is 15.3. The van der Waals surface area contributed by atoms with Gasteiger partial charge < -0.3 is 64.1 Å². The number of fused-ring (bicyclic) bond motifs is 1. The Balaban J connectivity index is 1.39. The van der Waals surface area contributed by atoms with Crippen molar-refractivity contribution in [1.82, 2.24) is 42.2 Å². The molecule has 5 atom stereocenters. The molecule has 1 aliphatic heterocycles. The van der Waals surface area contributed by atoms with Crippen LogP contribution in [-0.4, -0.2) is 113 Å². The van der Waals surface area contributed by atoms with Gasteiger partial charge in [0, 0.05) is 49.5 Å². The highest BCUT2D eigenvalue weighted by atomic mass is 16.5. The number of nitrogens with two attached hydrogens (primary N) is 3. The molecule has 21 nitrogen and oxygen atoms in total. The predicted molar refractivity (Wildman–Crippen MR) is 296 cm³/mol. The van der Waals surface area contributed by atoms with Crippen LogP contribution in [0.4, 0.5) is 0 Å². The Morgan fingerprint density at radius 1 is 0.756 bits per heavy atom. The first-order chi connectivity index (χ1) is 37.4. The number of para-hydroxylation sites is 1. The highest BCUT2D eigenvalue weighted by molar-refractivity contribution is 6.00. The van der Waals surface area contributed by atoms with Gasteiger partial charge in [0.25, 0.3) is 0 Å². The van der Waals surface area contributed by atoms with Gasteiger partial charge in [0.05, 0.1) is 12.5 Å². The minimum atomic E-state index is -1.64. The van der Waals surface area contributed by atoms with Crippen LogP contribution in [0, 0.1) is 0 Å². The lowest BCUT2D eigenvalue weighted by molar-refractivity contribution is -0.140. The Bertz CT molecular complexity index is 2720. The van der Waals surface area contributed by atoms with Crippen LogP contribution in [0.3, 0.4) is 0 Å². The lowest BCUT2D eigenvalue weighted by atomic mass is 9.73. The molecule has 1 aromatic heterocycles. The summed E-state index contributed by atoms with van der Waals surface area (Å²) >= 11 is 0. The Morgan fingerprint density at radius 2 is 1.42 bits per heavy atom. The fourth-order valence-corrected chi connectivity index (χ4v) is 10.00. The number of guanidine groups is 1. The van der Waals surface area contributed by atoms with E-state index in [1.54, 1.807) is 36.5 Å². The van der Waals surface area contributed by atoms with Gasteiger partial charge in [-0.15, -0.1) is 0 Å². The molecule has 1 saturated carbocycles. The summed E-state index contributed by atoms with van der Waals surface area (Å²) < 4.78 is 5.88. The number of ether oxygens (including phenoxy) is 1. The molecule has 4 aromatic rings. The molecule has 2 fully saturated rings. The van der Waals surface area contributed by atoms with Crippen LogP contribution in [0.15, 0.2) is 90.1 Å². The number of H-pyrrole nitrogens is 1. The molecule has 2 heterocycles. The van der Waals surface area contributed by atoms with Gasteiger partial charge in [-0.1, -0.05) is 74.0 Å². The Hall–Kier alpha value is -7.97. The maximum Gasteiger partial charge on any atom is 0.246 e. The zero-order chi connectivity index (χ0) is 56.2. The number of unbranched alkanes of at least 4 members (excludes halogenated alkanes) is 1. The van der Waals surface area contributed by atoms with Crippen LogP contribution in [0.25, 0.3) is 10.9 Å². The Labute approximate surface area is 455 Å². The zero-order valence-electron chi connectivity index (χ0n) is 45.0. The van der Waals surface area contributed by atoms with Crippen molar-refractivity contribution in [2.45, 2.75) is 165 Å². The van der Waals surface area contributed by atoms with Gasteiger partial charge in [0.1, 0.15) is 41.5 Å². The SMILES string of the molecule is CCCCC(=O)N[C@H]1CC(=O)NCCCC[C@@H](C(N)=O)NC(=O)[C@H](Cc2c[nH]c3ccccc23)NC(=O)[C@H](CCCN=C(N)N)NC(=O)[C@@H](Cc2ccccc2)NC(=O)C2(CCC(c3ccc(OC(C)C)cc3)CC2)NC1=O. The molecular weight excluding hydrogens is 997 g/mol. The number of benzene rings is 3. The first-order valence-electron chi connectivity index (χ1n) is 27.2. The average Bonchev–Trinajstić information content (AvgIpc) is 3.86. The van der Waals surface area contributed by atoms with Crippen LogP contribution in [0.5, 0.6) is 5.75 Å². The molecule has 21 heteroatoms. The van der Waals surface area contributed by atoms with Crippen LogP contribution >= 0.6 is 0 Å². The van der Waals surface area contributed by atoms with E-state index in [-0.39, 0.29) is 82.4 Å². The normalized spacial score (nSPS) is 23.4. The standard InChI is InChI=1S/C57H78N12O9/c1-4-5-20-48(70)64-47-33-49(71)61-29-12-11-18-43(50(58)72)65-53(75)46(32-39-34-63-42-17-10-9-16-41(39)42)67-51(73)44(19-13-30-62-56(59)60)66-52(74)45(31-36-14-7-6-8-15-36)68-55(77)57(69-54(47)76)27-25-38(26-28-57)37-21-23-40(24-22-37)78-35(2)3/h6-10,14-17,21-24,34-35,38,43-47,63H,4-5,11-13,18-20,25-33H2,1-3H3,(H2,58,72)(H,61,71)(H,64,70)(H,65,75)(H,66,74)(H,67,73)(H,68,77)(H,69,76)(H4,59,60,62)/t38?,43-,44-,45+,46-,47-,57?/m0/s1. The summed E-state index contributed by atoms with van der Waals surface area (Å²) in [6.07, 6.45) is 4.51. The molecule has 1 spiro atoms. The van der Waals surface area contributed by atoms with E-state index in [0.717, 1.165) is 16.5 Å². The second kappa shape index (κ2) is 29.0. The number of amides is 8. The predicted octanol–water partition coefficient (Wildman–Crippen LogP) is 2.80. The van der Waals surface area contributed by atoms with Gasteiger partial charge in [-0.25, -0.2) is 0 Å². The first kappa shape index (κ1) is 59.3. The summed E-state index contributed by atoms with van der Waals surface area (Å²) in [6.45, 7) is 6.01. The number of rotatable bonds is 16. The van der Waals surface area contributed by atoms with Gasteiger partial charge in [0.2, 0.25) is 47.3 Å². The molecule has 3 aromatic carbocycles. The second-order valence-electron chi connectivity index (χ2n) is 20.7. The van der Waals surface area contributed by atoms with Crippen molar-refractivity contribution in [3.63, 3.8) is 0 Å². The third kappa shape index (κ3) is 17.5. The number of hydrogen-bond acceptors (Lipinski definition) is 10. The molecule has 8 amide bonds. The van der Waals surface area contributed by atoms with E-state index in [2.05, 4.69) is 47.2 Å². The van der Waals surface area contributed by atoms with Crippen molar-refractivity contribution in [2.24, 2.45) is 22.2 Å². The fraction of sp³-hybridized carbons (Fsp3) is 0.491. The minimum absolute atomic E-state index is 0.0181. The molecule has 420 valence electrons. The number of primary amides is 1. The molecule has 78 heavy (non-hydrogen) atoms. The molecule has 0 bridgehead atoms. The van der Waals surface area contributed by atoms with Crippen molar-refractivity contribution < 1.29 is 43.1 Å². The van der Waals surface area contributed by atoms with E-state index in [1.165, 1.54) is 0 Å². The molecule has 1 saturated heterocycles. The van der Waals surface area contributed by atoms with Crippen LogP contribution < -0.4 is 59.2 Å². The first-order valence-corrected chi connectivity index (χ1v) is 27.2. The monoisotopic (exact) mass is 1070 g/mol. The highest BCUT2D eigenvalue weighted by Crippen LogP contribution is 2.39. The molecule has 6 rings (SSSR count). The van der Waals surface area contributed by atoms with Gasteiger partial charge >= 0.3 is 0 Å². The minimum Gasteiger partial charge on any atom is -0.491 e. The number of aromatic amines is 1. The van der Waals surface area contributed by atoms with Gasteiger partial charge in [-0.3, -0.25) is 43.3 Å². The van der Waals surface area contributed by atoms with E-state index >= 15 is 4.79 Å². The highest BCUT2D eigenvalue weighted by Gasteiger charge is 2.46. The summed E-state index contributed by atoms with van der Waals surface area (Å²) in [5, 5.41) is 20.7. The summed E-state index contributed by atoms with van der Waals surface area (Å²) in [4.78, 5) is 121. The Kier molecular flexibility index (Phi) is 22.0. The summed E-state index contributed by atoms with van der Waals surface area (Å²) in [5.41, 5.74) is 18.6. The smallest absolute Gasteiger partial charge is 0.246 e. The van der Waals surface area contributed by atoms with Crippen molar-refractivity contribution >= 4 is 64.1 Å². The molecule has 1 aliphatic carbocycles. The number of hydrogen-bond donors (Lipinski definition) is 11. The molecular formula is C57H78N12O9. The lowest BCUT2D eigenvalue weighted by Gasteiger charge is -2.41. The summed E-state index contributed by atoms with van der Waals surface area (Å²) in [6, 6.07) is 17.6. The molecule has 2 aliphatic rings. The van der Waals surface area contributed by atoms with E-state index in [0.29, 0.717) is 55.4 Å². The van der Waals surface area contributed by atoms with Crippen molar-refractivity contribution in [3.8, 4) is 5.75 Å². The fourth-order valence-electron chi connectivity index (χ4n) is 10.00. The zero-order valence-corrected chi connectivity index (χ0v) is 45.0. The van der Waals surface area contributed by atoms with Crippen LogP contribution in [0.1, 0.15) is 127 Å². The number of nitrogens with zero attached hydrogens (tertiary/aromatic N) is 1. The van der Waals surface area contributed by atoms with Crippen molar-refractivity contribution in [3.05, 3.63) is 102 Å². The number of aliphatic imine (C=N–C) groups is 1. The van der Waals surface area contributed by atoms with E-state index < -0.39 is 89.4 Å². The van der Waals surface area contributed by atoms with E-state index in [1.807, 2.05) is 69.3 Å². The Morgan fingerprint density at radius 3 is 2.12 bits per heavy atom. The molecule has 14 N–H and O–H groups in total. The van der Waals surface area contributed by atoms with Crippen molar-refractivity contribution in [1.29, 1.82) is 0 Å². The second-order valence-corrected chi connectivity index (χ2v) is 20.7.